The SMILES string of the molecule is CCOC(=O)c1cc(C(=O)N(C)C2CCCCCC2)cc([N+](=O)[O-])c1. The van der Waals surface area contributed by atoms with Crippen molar-refractivity contribution in [2.75, 3.05) is 13.7 Å². The van der Waals surface area contributed by atoms with E-state index in [1.165, 1.54) is 25.0 Å². The highest BCUT2D eigenvalue weighted by molar-refractivity contribution is 5.99. The molecular weight excluding hydrogens is 324 g/mol. The predicted molar refractivity (Wildman–Crippen MR) is 92.6 cm³/mol. The largest absolute Gasteiger partial charge is 0.462 e. The van der Waals surface area contributed by atoms with Crippen molar-refractivity contribution in [2.45, 2.75) is 51.5 Å². The molecule has 0 radical (unpaired) electrons. The topological polar surface area (TPSA) is 89.8 Å². The molecule has 1 aromatic carbocycles. The van der Waals surface area contributed by atoms with Gasteiger partial charge in [0.1, 0.15) is 0 Å². The highest BCUT2D eigenvalue weighted by Crippen LogP contribution is 2.24. The van der Waals surface area contributed by atoms with Crippen molar-refractivity contribution < 1.29 is 19.2 Å². The van der Waals surface area contributed by atoms with Crippen LogP contribution in [0.1, 0.15) is 66.2 Å². The first-order valence-electron chi connectivity index (χ1n) is 8.67. The van der Waals surface area contributed by atoms with Crippen LogP contribution in [-0.2, 0) is 4.74 Å². The second-order valence-electron chi connectivity index (χ2n) is 6.31. The number of rotatable bonds is 5. The summed E-state index contributed by atoms with van der Waals surface area (Å²) >= 11 is 0. The van der Waals surface area contributed by atoms with Gasteiger partial charge in [0.2, 0.25) is 0 Å². The molecule has 1 aromatic rings. The zero-order valence-corrected chi connectivity index (χ0v) is 14.7. The van der Waals surface area contributed by atoms with Crippen LogP contribution in [0.5, 0.6) is 0 Å². The Balaban J connectivity index is 2.30. The monoisotopic (exact) mass is 348 g/mol. The van der Waals surface area contributed by atoms with E-state index in [1.54, 1.807) is 18.9 Å². The molecule has 0 saturated heterocycles. The lowest BCUT2D eigenvalue weighted by molar-refractivity contribution is -0.384. The summed E-state index contributed by atoms with van der Waals surface area (Å²) in [5, 5.41) is 11.2. The number of nitro groups is 1. The average molecular weight is 348 g/mol. The number of nitrogens with zero attached hydrogens (tertiary/aromatic N) is 2. The summed E-state index contributed by atoms with van der Waals surface area (Å²) in [6.45, 7) is 1.81. The fourth-order valence-electron chi connectivity index (χ4n) is 3.19. The van der Waals surface area contributed by atoms with Crippen molar-refractivity contribution in [1.82, 2.24) is 4.90 Å². The molecule has 1 amide bonds. The van der Waals surface area contributed by atoms with Gasteiger partial charge in [-0.15, -0.1) is 0 Å². The number of nitro benzene ring substituents is 1. The van der Waals surface area contributed by atoms with Crippen LogP contribution in [0.2, 0.25) is 0 Å². The van der Waals surface area contributed by atoms with Crippen molar-refractivity contribution in [2.24, 2.45) is 0 Å². The highest BCUT2D eigenvalue weighted by atomic mass is 16.6. The third-order valence-corrected chi connectivity index (χ3v) is 4.58. The maximum Gasteiger partial charge on any atom is 0.338 e. The summed E-state index contributed by atoms with van der Waals surface area (Å²) in [6, 6.07) is 3.86. The van der Waals surface area contributed by atoms with Crippen molar-refractivity contribution in [1.29, 1.82) is 0 Å². The normalized spacial score (nSPS) is 15.3. The number of hydrogen-bond donors (Lipinski definition) is 0. The molecule has 1 fully saturated rings. The molecule has 0 aliphatic heterocycles. The Hall–Kier alpha value is -2.44. The van der Waals surface area contributed by atoms with Gasteiger partial charge in [0, 0.05) is 30.8 Å². The van der Waals surface area contributed by atoms with Gasteiger partial charge >= 0.3 is 5.97 Å². The molecule has 0 bridgehead atoms. The van der Waals surface area contributed by atoms with E-state index in [0.29, 0.717) is 0 Å². The number of non-ortho nitro benzene ring substituents is 1. The summed E-state index contributed by atoms with van der Waals surface area (Å²) in [4.78, 5) is 37.0. The molecule has 1 aliphatic carbocycles. The van der Waals surface area contributed by atoms with E-state index in [-0.39, 0.29) is 35.4 Å². The Kier molecular flexibility index (Phi) is 6.50. The van der Waals surface area contributed by atoms with E-state index in [0.717, 1.165) is 31.7 Å². The summed E-state index contributed by atoms with van der Waals surface area (Å²) in [7, 11) is 1.72. The predicted octanol–water partition coefficient (Wildman–Crippen LogP) is 3.57. The number of ether oxygens (including phenoxy) is 1. The molecule has 136 valence electrons. The lowest BCUT2D eigenvalue weighted by Crippen LogP contribution is -2.36. The maximum atomic E-state index is 12.8. The molecule has 7 nitrogen and oxygen atoms in total. The molecule has 2 rings (SSSR count). The zero-order chi connectivity index (χ0) is 18.4. The summed E-state index contributed by atoms with van der Waals surface area (Å²) in [5.41, 5.74) is -0.124. The molecule has 0 heterocycles. The minimum absolute atomic E-state index is 0.0219. The van der Waals surface area contributed by atoms with E-state index in [1.807, 2.05) is 0 Å². The van der Waals surface area contributed by atoms with Crippen LogP contribution < -0.4 is 0 Å². The lowest BCUT2D eigenvalue weighted by Gasteiger charge is -2.27. The van der Waals surface area contributed by atoms with Gasteiger partial charge in [0.05, 0.1) is 17.1 Å². The standard InChI is InChI=1S/C18H24N2O5/c1-3-25-18(22)14-10-13(11-16(12-14)20(23)24)17(21)19(2)15-8-6-4-5-7-9-15/h10-12,15H,3-9H2,1-2H3. The minimum atomic E-state index is -0.669. The molecule has 7 heteroatoms. The van der Waals surface area contributed by atoms with E-state index in [4.69, 9.17) is 4.74 Å². The molecular formula is C18H24N2O5. The van der Waals surface area contributed by atoms with Crippen LogP contribution in [0.4, 0.5) is 5.69 Å². The van der Waals surface area contributed by atoms with Gasteiger partial charge in [-0.25, -0.2) is 4.79 Å². The van der Waals surface area contributed by atoms with Crippen molar-refractivity contribution >= 4 is 17.6 Å². The first kappa shape index (κ1) is 18.9. The quantitative estimate of drug-likeness (QED) is 0.351. The molecule has 1 aliphatic rings. The van der Waals surface area contributed by atoms with Crippen molar-refractivity contribution in [3.05, 3.63) is 39.4 Å². The molecule has 0 aromatic heterocycles. The van der Waals surface area contributed by atoms with E-state index in [2.05, 4.69) is 0 Å². The van der Waals surface area contributed by atoms with Crippen LogP contribution >= 0.6 is 0 Å². The number of amides is 1. The first-order valence-corrected chi connectivity index (χ1v) is 8.67. The van der Waals surface area contributed by atoms with Crippen molar-refractivity contribution in [3.8, 4) is 0 Å². The molecule has 0 spiro atoms. The fourth-order valence-corrected chi connectivity index (χ4v) is 3.19. The van der Waals surface area contributed by atoms with Crippen LogP contribution in [0.25, 0.3) is 0 Å². The Morgan fingerprint density at radius 2 is 1.76 bits per heavy atom. The van der Waals surface area contributed by atoms with Crippen LogP contribution in [-0.4, -0.2) is 41.4 Å². The molecule has 0 unspecified atom stereocenters. The van der Waals surface area contributed by atoms with E-state index >= 15 is 0 Å². The smallest absolute Gasteiger partial charge is 0.338 e. The Morgan fingerprint density at radius 1 is 1.16 bits per heavy atom. The fraction of sp³-hybridized carbons (Fsp3) is 0.556. The Bertz CT molecular complexity index is 651. The number of benzene rings is 1. The van der Waals surface area contributed by atoms with E-state index < -0.39 is 10.9 Å². The summed E-state index contributed by atoms with van der Waals surface area (Å²) in [6.07, 6.45) is 6.35. The van der Waals surface area contributed by atoms with Crippen LogP contribution in [0.3, 0.4) is 0 Å². The van der Waals surface area contributed by atoms with Gasteiger partial charge in [-0.05, 0) is 25.8 Å². The summed E-state index contributed by atoms with van der Waals surface area (Å²) in [5.74, 6) is -0.974. The van der Waals surface area contributed by atoms with Gasteiger partial charge in [-0.1, -0.05) is 25.7 Å². The van der Waals surface area contributed by atoms with Crippen LogP contribution in [0.15, 0.2) is 18.2 Å². The average Bonchev–Trinajstić information content (AvgIpc) is 2.89. The zero-order valence-electron chi connectivity index (χ0n) is 14.7. The number of hydrogen-bond acceptors (Lipinski definition) is 5. The molecule has 0 N–H and O–H groups in total. The van der Waals surface area contributed by atoms with Gasteiger partial charge in [-0.2, -0.15) is 0 Å². The van der Waals surface area contributed by atoms with Gasteiger partial charge in [0.25, 0.3) is 11.6 Å². The number of carbonyl (C=O) groups is 2. The van der Waals surface area contributed by atoms with Gasteiger partial charge in [-0.3, -0.25) is 14.9 Å². The first-order chi connectivity index (χ1) is 11.9. The molecule has 0 atom stereocenters. The molecule has 25 heavy (non-hydrogen) atoms. The molecule has 1 saturated carbocycles. The van der Waals surface area contributed by atoms with Crippen LogP contribution in [0, 0.1) is 10.1 Å². The second-order valence-corrected chi connectivity index (χ2v) is 6.31. The van der Waals surface area contributed by atoms with E-state index in [9.17, 15) is 19.7 Å². The van der Waals surface area contributed by atoms with Crippen molar-refractivity contribution in [3.63, 3.8) is 0 Å². The van der Waals surface area contributed by atoms with Gasteiger partial charge < -0.3 is 9.64 Å². The lowest BCUT2D eigenvalue weighted by atomic mass is 10.0. The Morgan fingerprint density at radius 3 is 2.32 bits per heavy atom. The summed E-state index contributed by atoms with van der Waals surface area (Å²) < 4.78 is 4.90. The van der Waals surface area contributed by atoms with Gasteiger partial charge in [0.15, 0.2) is 0 Å². The minimum Gasteiger partial charge on any atom is -0.462 e. The maximum absolute atomic E-state index is 12.8. The third-order valence-electron chi connectivity index (χ3n) is 4.58. The number of esters is 1. The third kappa shape index (κ3) is 4.78. The second kappa shape index (κ2) is 8.60. The highest BCUT2D eigenvalue weighted by Gasteiger charge is 2.25. The Labute approximate surface area is 147 Å². The number of carbonyl (C=O) groups excluding carboxylic acids is 2.